The first-order valence-electron chi connectivity index (χ1n) is 7.19. The summed E-state index contributed by atoms with van der Waals surface area (Å²) in [6, 6.07) is 0. The molecule has 19 heavy (non-hydrogen) atoms. The number of nitrogens with zero attached hydrogens (tertiary/aromatic N) is 1. The van der Waals surface area contributed by atoms with Crippen LogP contribution in [-0.4, -0.2) is 35.5 Å². The first kappa shape index (κ1) is 14.4. The predicted molar refractivity (Wildman–Crippen MR) is 72.9 cm³/mol. The van der Waals surface area contributed by atoms with Gasteiger partial charge in [-0.3, -0.25) is 0 Å². The summed E-state index contributed by atoms with van der Waals surface area (Å²) in [7, 11) is 0. The third-order valence-electron chi connectivity index (χ3n) is 4.30. The fraction of sp³-hybridized carbons (Fsp3) is 0.867. The van der Waals surface area contributed by atoms with E-state index >= 15 is 0 Å². The van der Waals surface area contributed by atoms with Crippen LogP contribution in [0.1, 0.15) is 53.4 Å². The molecule has 108 valence electrons. The van der Waals surface area contributed by atoms with Gasteiger partial charge >= 0.3 is 6.09 Å². The SMILES string of the molecule is CC(=O)C[C@@H]1CC12CCN(C(=O)OC(C)(C)C)CC2. The number of carbonyl (C=O) groups is 2. The second-order valence-electron chi connectivity index (χ2n) is 7.14. The van der Waals surface area contributed by atoms with E-state index in [2.05, 4.69) is 0 Å². The zero-order chi connectivity index (χ0) is 14.3. The summed E-state index contributed by atoms with van der Waals surface area (Å²) in [6.07, 6.45) is 3.71. The molecule has 0 bridgehead atoms. The highest BCUT2D eigenvalue weighted by atomic mass is 16.6. The molecule has 1 saturated heterocycles. The molecule has 1 amide bonds. The molecule has 0 unspecified atom stereocenters. The van der Waals surface area contributed by atoms with E-state index in [-0.39, 0.29) is 11.9 Å². The quantitative estimate of drug-likeness (QED) is 0.772. The highest BCUT2D eigenvalue weighted by molar-refractivity contribution is 5.76. The van der Waals surface area contributed by atoms with Crippen LogP contribution in [0.3, 0.4) is 0 Å². The van der Waals surface area contributed by atoms with Gasteiger partial charge in [-0.1, -0.05) is 0 Å². The largest absolute Gasteiger partial charge is 0.444 e. The molecule has 0 aromatic rings. The van der Waals surface area contributed by atoms with Crippen molar-refractivity contribution >= 4 is 11.9 Å². The summed E-state index contributed by atoms with van der Waals surface area (Å²) < 4.78 is 5.39. The number of hydrogen-bond donors (Lipinski definition) is 0. The maximum absolute atomic E-state index is 12.0. The number of carbonyl (C=O) groups excluding carboxylic acids is 2. The smallest absolute Gasteiger partial charge is 0.410 e. The Morgan fingerprint density at radius 3 is 2.32 bits per heavy atom. The van der Waals surface area contributed by atoms with Crippen LogP contribution in [0.5, 0.6) is 0 Å². The molecule has 1 spiro atoms. The lowest BCUT2D eigenvalue weighted by molar-refractivity contribution is -0.117. The van der Waals surface area contributed by atoms with Crippen molar-refractivity contribution < 1.29 is 14.3 Å². The van der Waals surface area contributed by atoms with Crippen molar-refractivity contribution in [1.82, 2.24) is 4.90 Å². The lowest BCUT2D eigenvalue weighted by atomic mass is 9.90. The van der Waals surface area contributed by atoms with E-state index in [4.69, 9.17) is 4.74 Å². The Balaban J connectivity index is 1.81. The molecule has 1 atom stereocenters. The third-order valence-corrected chi connectivity index (χ3v) is 4.30. The molecule has 1 heterocycles. The number of ketones is 1. The molecule has 1 saturated carbocycles. The summed E-state index contributed by atoms with van der Waals surface area (Å²) in [5.41, 5.74) is -0.0762. The van der Waals surface area contributed by atoms with E-state index in [0.29, 0.717) is 17.8 Å². The minimum absolute atomic E-state index is 0.203. The average molecular weight is 267 g/mol. The Morgan fingerprint density at radius 1 is 1.26 bits per heavy atom. The van der Waals surface area contributed by atoms with E-state index in [1.54, 1.807) is 11.8 Å². The van der Waals surface area contributed by atoms with Crippen LogP contribution < -0.4 is 0 Å². The number of Topliss-reactive ketones (excluding diaryl/α,β-unsaturated/α-hetero) is 1. The van der Waals surface area contributed by atoms with Crippen molar-refractivity contribution in [2.45, 2.75) is 59.0 Å². The number of piperidine rings is 1. The fourth-order valence-corrected chi connectivity index (χ4v) is 3.14. The number of hydrogen-bond acceptors (Lipinski definition) is 3. The van der Waals surface area contributed by atoms with E-state index in [1.807, 2.05) is 20.8 Å². The van der Waals surface area contributed by atoms with E-state index in [9.17, 15) is 9.59 Å². The van der Waals surface area contributed by atoms with Crippen LogP contribution in [0.4, 0.5) is 4.79 Å². The first-order valence-corrected chi connectivity index (χ1v) is 7.19. The van der Waals surface area contributed by atoms with Crippen LogP contribution in [0, 0.1) is 11.3 Å². The maximum atomic E-state index is 12.0. The van der Waals surface area contributed by atoms with Gasteiger partial charge in [-0.05, 0) is 58.3 Å². The van der Waals surface area contributed by atoms with Crippen LogP contribution in [0.2, 0.25) is 0 Å². The van der Waals surface area contributed by atoms with Gasteiger partial charge in [0.15, 0.2) is 0 Å². The first-order chi connectivity index (χ1) is 8.72. The van der Waals surface area contributed by atoms with E-state index < -0.39 is 5.60 Å². The van der Waals surface area contributed by atoms with Gasteiger partial charge in [0.25, 0.3) is 0 Å². The Kier molecular flexibility index (Phi) is 3.63. The molecule has 4 heteroatoms. The summed E-state index contributed by atoms with van der Waals surface area (Å²) in [5.74, 6) is 0.849. The topological polar surface area (TPSA) is 46.6 Å². The van der Waals surface area contributed by atoms with Gasteiger partial charge in [-0.15, -0.1) is 0 Å². The van der Waals surface area contributed by atoms with E-state index in [0.717, 1.165) is 32.4 Å². The minimum Gasteiger partial charge on any atom is -0.444 e. The van der Waals surface area contributed by atoms with Crippen molar-refractivity contribution in [2.75, 3.05) is 13.1 Å². The van der Waals surface area contributed by atoms with Crippen LogP contribution >= 0.6 is 0 Å². The summed E-state index contributed by atoms with van der Waals surface area (Å²) in [5, 5.41) is 0. The summed E-state index contributed by atoms with van der Waals surface area (Å²) in [4.78, 5) is 24.9. The summed E-state index contributed by atoms with van der Waals surface area (Å²) >= 11 is 0. The number of amides is 1. The van der Waals surface area contributed by atoms with E-state index in [1.165, 1.54) is 0 Å². The van der Waals surface area contributed by atoms with Crippen molar-refractivity contribution in [3.8, 4) is 0 Å². The Morgan fingerprint density at radius 2 is 1.84 bits per heavy atom. The molecular weight excluding hydrogens is 242 g/mol. The standard InChI is InChI=1S/C15H25NO3/c1-11(17)9-12-10-15(12)5-7-16(8-6-15)13(18)19-14(2,3)4/h12H,5-10H2,1-4H3/t12-/m1/s1. The van der Waals surface area contributed by atoms with Gasteiger partial charge < -0.3 is 14.4 Å². The lowest BCUT2D eigenvalue weighted by Gasteiger charge is -2.34. The number of likely N-dealkylation sites (tertiary alicyclic amines) is 1. The second-order valence-corrected chi connectivity index (χ2v) is 7.14. The van der Waals surface area contributed by atoms with Crippen LogP contribution in [0.25, 0.3) is 0 Å². The Labute approximate surface area is 115 Å². The highest BCUT2D eigenvalue weighted by Crippen LogP contribution is 2.60. The average Bonchev–Trinajstić information content (AvgIpc) is 2.88. The Bertz CT molecular complexity index is 375. The minimum atomic E-state index is -0.428. The molecular formula is C15H25NO3. The zero-order valence-corrected chi connectivity index (χ0v) is 12.5. The molecule has 0 aromatic carbocycles. The molecule has 2 aliphatic rings. The van der Waals surface area contributed by atoms with Crippen LogP contribution in [-0.2, 0) is 9.53 Å². The number of rotatable bonds is 2. The lowest BCUT2D eigenvalue weighted by Crippen LogP contribution is -2.42. The molecule has 2 fully saturated rings. The molecule has 2 rings (SSSR count). The molecule has 1 aliphatic carbocycles. The zero-order valence-electron chi connectivity index (χ0n) is 12.5. The predicted octanol–water partition coefficient (Wildman–Crippen LogP) is 3.00. The van der Waals surface area contributed by atoms with Gasteiger partial charge in [0, 0.05) is 19.5 Å². The van der Waals surface area contributed by atoms with Crippen LogP contribution in [0.15, 0.2) is 0 Å². The number of ether oxygens (including phenoxy) is 1. The molecule has 0 aromatic heterocycles. The Hall–Kier alpha value is -1.06. The second kappa shape index (κ2) is 4.80. The van der Waals surface area contributed by atoms with Gasteiger partial charge in [-0.25, -0.2) is 4.79 Å². The van der Waals surface area contributed by atoms with Gasteiger partial charge in [0.2, 0.25) is 0 Å². The fourth-order valence-electron chi connectivity index (χ4n) is 3.14. The maximum Gasteiger partial charge on any atom is 0.410 e. The monoisotopic (exact) mass is 267 g/mol. The van der Waals surface area contributed by atoms with Gasteiger partial charge in [0.05, 0.1) is 0 Å². The van der Waals surface area contributed by atoms with Crippen molar-refractivity contribution in [3.05, 3.63) is 0 Å². The highest BCUT2D eigenvalue weighted by Gasteiger charge is 2.55. The van der Waals surface area contributed by atoms with Gasteiger partial charge in [-0.2, -0.15) is 0 Å². The van der Waals surface area contributed by atoms with Crippen molar-refractivity contribution in [1.29, 1.82) is 0 Å². The third kappa shape index (κ3) is 3.48. The molecule has 4 nitrogen and oxygen atoms in total. The van der Waals surface area contributed by atoms with Gasteiger partial charge in [0.1, 0.15) is 11.4 Å². The summed E-state index contributed by atoms with van der Waals surface area (Å²) in [6.45, 7) is 8.87. The van der Waals surface area contributed by atoms with Crippen molar-refractivity contribution in [3.63, 3.8) is 0 Å². The van der Waals surface area contributed by atoms with Crippen molar-refractivity contribution in [2.24, 2.45) is 11.3 Å². The normalized spacial score (nSPS) is 25.3. The molecule has 0 N–H and O–H groups in total. The molecule has 1 aliphatic heterocycles. The molecule has 0 radical (unpaired) electrons.